The fraction of sp³-hybridized carbons (Fsp3) is 0.462. The Morgan fingerprint density at radius 2 is 1.97 bits per heavy atom. The molecule has 4 rings (SSSR count). The Balaban J connectivity index is 1.64. The van der Waals surface area contributed by atoms with Gasteiger partial charge in [-0.25, -0.2) is 4.98 Å². The van der Waals surface area contributed by atoms with E-state index < -0.39 is 5.60 Å². The standard InChI is InChI=1S/C26H34N4O3S/c1-5-30(34-22-9-6-20(7-10-22)27-18-31)21-8-11-24-23(16-21)28-25(26(2,3)32-4)29(24)17-19-12-14-33-15-13-19/h6-11,16,18-19H,5,12-15,17H2,1-4H3,(H,27,31). The molecule has 0 radical (unpaired) electrons. The van der Waals surface area contributed by atoms with E-state index in [9.17, 15) is 4.79 Å². The van der Waals surface area contributed by atoms with E-state index in [4.69, 9.17) is 14.5 Å². The van der Waals surface area contributed by atoms with Crippen LogP contribution in [0, 0.1) is 5.92 Å². The van der Waals surface area contributed by atoms with Gasteiger partial charge in [0, 0.05) is 49.7 Å². The lowest BCUT2D eigenvalue weighted by Crippen LogP contribution is -2.28. The number of aromatic nitrogens is 2. The summed E-state index contributed by atoms with van der Waals surface area (Å²) < 4.78 is 16.0. The minimum Gasteiger partial charge on any atom is -0.381 e. The zero-order chi connectivity index (χ0) is 24.1. The molecule has 1 fully saturated rings. The van der Waals surface area contributed by atoms with Crippen molar-refractivity contribution in [2.45, 2.75) is 50.7 Å². The molecule has 182 valence electrons. The fourth-order valence-electron chi connectivity index (χ4n) is 4.30. The minimum absolute atomic E-state index is 0.485. The predicted octanol–water partition coefficient (Wildman–Crippen LogP) is 5.45. The second-order valence-electron chi connectivity index (χ2n) is 9.06. The second-order valence-corrected chi connectivity index (χ2v) is 10.2. The fourth-order valence-corrected chi connectivity index (χ4v) is 5.16. The number of ether oxygens (including phenoxy) is 2. The molecule has 2 heterocycles. The number of carbonyl (C=O) groups excluding carboxylic acids is 1. The molecule has 2 aromatic carbocycles. The minimum atomic E-state index is -0.485. The first kappa shape index (κ1) is 24.6. The summed E-state index contributed by atoms with van der Waals surface area (Å²) in [7, 11) is 1.74. The van der Waals surface area contributed by atoms with Crippen molar-refractivity contribution in [3.05, 3.63) is 48.3 Å². The largest absolute Gasteiger partial charge is 0.381 e. The van der Waals surface area contributed by atoms with Crippen molar-refractivity contribution in [2.24, 2.45) is 5.92 Å². The van der Waals surface area contributed by atoms with Gasteiger partial charge >= 0.3 is 0 Å². The number of nitrogens with zero attached hydrogens (tertiary/aromatic N) is 3. The van der Waals surface area contributed by atoms with Crippen LogP contribution < -0.4 is 9.62 Å². The van der Waals surface area contributed by atoms with E-state index in [1.54, 1.807) is 19.1 Å². The molecule has 0 atom stereocenters. The number of anilines is 2. The smallest absolute Gasteiger partial charge is 0.211 e. The first-order chi connectivity index (χ1) is 16.4. The summed E-state index contributed by atoms with van der Waals surface area (Å²) in [4.78, 5) is 16.8. The maximum absolute atomic E-state index is 10.6. The zero-order valence-corrected chi connectivity index (χ0v) is 21.2. The van der Waals surface area contributed by atoms with E-state index in [0.717, 1.165) is 72.3 Å². The molecule has 1 N–H and O–H groups in total. The average molecular weight is 483 g/mol. The first-order valence-corrected chi connectivity index (χ1v) is 12.6. The number of benzene rings is 2. The Bertz CT molecular complexity index is 1110. The van der Waals surface area contributed by atoms with Crippen molar-refractivity contribution in [3.63, 3.8) is 0 Å². The lowest BCUT2D eigenvalue weighted by atomic mass is 9.99. The van der Waals surface area contributed by atoms with Crippen LogP contribution in [0.2, 0.25) is 0 Å². The third-order valence-corrected chi connectivity index (χ3v) is 7.61. The van der Waals surface area contributed by atoms with Crippen LogP contribution in [0.25, 0.3) is 11.0 Å². The van der Waals surface area contributed by atoms with Crippen LogP contribution in [0.4, 0.5) is 11.4 Å². The van der Waals surface area contributed by atoms with Crippen molar-refractivity contribution in [3.8, 4) is 0 Å². The van der Waals surface area contributed by atoms with Gasteiger partial charge in [0.1, 0.15) is 11.4 Å². The van der Waals surface area contributed by atoms with Crippen molar-refractivity contribution in [1.29, 1.82) is 0 Å². The number of amides is 1. The van der Waals surface area contributed by atoms with Crippen LogP contribution in [0.5, 0.6) is 0 Å². The lowest BCUT2D eigenvalue weighted by Gasteiger charge is -2.27. The van der Waals surface area contributed by atoms with Gasteiger partial charge in [0.2, 0.25) is 6.41 Å². The van der Waals surface area contributed by atoms with Crippen LogP contribution in [0.3, 0.4) is 0 Å². The molecule has 0 saturated carbocycles. The lowest BCUT2D eigenvalue weighted by molar-refractivity contribution is -0.105. The molecular weight excluding hydrogens is 448 g/mol. The average Bonchev–Trinajstić information content (AvgIpc) is 3.22. The van der Waals surface area contributed by atoms with Crippen LogP contribution in [-0.4, -0.2) is 42.8 Å². The molecule has 1 amide bonds. The Hall–Kier alpha value is -2.55. The Morgan fingerprint density at radius 3 is 2.62 bits per heavy atom. The normalized spacial score (nSPS) is 14.9. The third kappa shape index (κ3) is 5.40. The van der Waals surface area contributed by atoms with E-state index in [-0.39, 0.29) is 0 Å². The molecule has 8 heteroatoms. The van der Waals surface area contributed by atoms with Crippen molar-refractivity contribution in [1.82, 2.24) is 9.55 Å². The van der Waals surface area contributed by atoms with Crippen LogP contribution >= 0.6 is 11.9 Å². The van der Waals surface area contributed by atoms with Crippen molar-refractivity contribution in [2.75, 3.05) is 36.5 Å². The van der Waals surface area contributed by atoms with Gasteiger partial charge in [-0.1, -0.05) is 0 Å². The van der Waals surface area contributed by atoms with Crippen molar-refractivity contribution < 1.29 is 14.3 Å². The van der Waals surface area contributed by atoms with E-state index in [2.05, 4.69) is 53.2 Å². The summed E-state index contributed by atoms with van der Waals surface area (Å²) in [5.41, 5.74) is 3.52. The summed E-state index contributed by atoms with van der Waals surface area (Å²) in [5, 5.41) is 2.68. The van der Waals surface area contributed by atoms with Crippen molar-refractivity contribution >= 4 is 40.8 Å². The number of nitrogens with one attached hydrogen (secondary N) is 1. The molecule has 0 spiro atoms. The van der Waals surface area contributed by atoms with Gasteiger partial charge in [0.25, 0.3) is 0 Å². The van der Waals surface area contributed by atoms with Gasteiger partial charge in [0.05, 0.1) is 11.0 Å². The maximum atomic E-state index is 10.6. The number of imidazole rings is 1. The van der Waals surface area contributed by atoms with Gasteiger partial charge in [-0.2, -0.15) is 0 Å². The highest BCUT2D eigenvalue weighted by atomic mass is 32.2. The highest BCUT2D eigenvalue weighted by molar-refractivity contribution is 8.00. The number of hydrogen-bond donors (Lipinski definition) is 1. The predicted molar refractivity (Wildman–Crippen MR) is 138 cm³/mol. The second kappa shape index (κ2) is 10.8. The summed E-state index contributed by atoms with van der Waals surface area (Å²) >= 11 is 1.67. The summed E-state index contributed by atoms with van der Waals surface area (Å²) in [6, 6.07) is 14.4. The molecule has 0 aliphatic carbocycles. The molecule has 1 aromatic heterocycles. The van der Waals surface area contributed by atoms with E-state index in [1.165, 1.54) is 0 Å². The van der Waals surface area contributed by atoms with E-state index in [1.807, 2.05) is 24.3 Å². The molecule has 1 aliphatic rings. The molecule has 1 saturated heterocycles. The Kier molecular flexibility index (Phi) is 7.80. The molecular formula is C26H34N4O3S. The number of rotatable bonds is 10. The van der Waals surface area contributed by atoms with Gasteiger partial charge in [0.15, 0.2) is 0 Å². The van der Waals surface area contributed by atoms with Crippen LogP contribution in [0.15, 0.2) is 47.4 Å². The number of carbonyl (C=O) groups is 1. The molecule has 7 nitrogen and oxygen atoms in total. The SMILES string of the molecule is CCN(Sc1ccc(NC=O)cc1)c1ccc2c(c1)nc(C(C)(C)OC)n2CC1CCOCC1. The topological polar surface area (TPSA) is 68.6 Å². The molecule has 0 unspecified atom stereocenters. The summed E-state index contributed by atoms with van der Waals surface area (Å²) in [6.45, 7) is 9.72. The number of methoxy groups -OCH3 is 1. The van der Waals surface area contributed by atoms with E-state index >= 15 is 0 Å². The monoisotopic (exact) mass is 482 g/mol. The Morgan fingerprint density at radius 1 is 1.24 bits per heavy atom. The summed E-state index contributed by atoms with van der Waals surface area (Å²) in [6.07, 6.45) is 2.84. The van der Waals surface area contributed by atoms with Crippen LogP contribution in [0.1, 0.15) is 39.4 Å². The number of hydrogen-bond acceptors (Lipinski definition) is 6. The van der Waals surface area contributed by atoms with Gasteiger partial charge in [-0.05, 0) is 93.9 Å². The number of fused-ring (bicyclic) bond motifs is 1. The molecule has 1 aliphatic heterocycles. The third-order valence-electron chi connectivity index (χ3n) is 6.43. The van der Waals surface area contributed by atoms with Gasteiger partial charge in [-0.15, -0.1) is 0 Å². The highest BCUT2D eigenvalue weighted by Crippen LogP contribution is 2.34. The summed E-state index contributed by atoms with van der Waals surface area (Å²) in [5.74, 6) is 1.54. The Labute approximate surface area is 206 Å². The maximum Gasteiger partial charge on any atom is 0.211 e. The molecule has 34 heavy (non-hydrogen) atoms. The highest BCUT2D eigenvalue weighted by Gasteiger charge is 2.29. The quantitative estimate of drug-likeness (QED) is 0.306. The molecule has 0 bridgehead atoms. The van der Waals surface area contributed by atoms with Gasteiger partial charge < -0.3 is 23.7 Å². The van der Waals surface area contributed by atoms with Crippen LogP contribution in [-0.2, 0) is 26.4 Å². The van der Waals surface area contributed by atoms with Gasteiger partial charge in [-0.3, -0.25) is 4.79 Å². The zero-order valence-electron chi connectivity index (χ0n) is 20.4. The van der Waals surface area contributed by atoms with E-state index in [0.29, 0.717) is 12.3 Å². The molecule has 3 aromatic rings. The first-order valence-electron chi connectivity index (χ1n) is 11.8.